The Bertz CT molecular complexity index is 331. The fourth-order valence-corrected chi connectivity index (χ4v) is 2.26. The number of carbonyl (C=O) groups is 2. The number of alkyl carbamates (subject to hydrolysis) is 1. The summed E-state index contributed by atoms with van der Waals surface area (Å²) in [6.45, 7) is 5.76. The topological polar surface area (TPSA) is 76.7 Å². The zero-order valence-electron chi connectivity index (χ0n) is 12.8. The second-order valence-corrected chi connectivity index (χ2v) is 6.17. The molecule has 116 valence electrons. The van der Waals surface area contributed by atoms with E-state index in [9.17, 15) is 9.59 Å². The number of methoxy groups -OCH3 is 1. The molecule has 2 N–H and O–H groups in total. The van der Waals surface area contributed by atoms with Crippen molar-refractivity contribution >= 4 is 12.0 Å². The van der Waals surface area contributed by atoms with Gasteiger partial charge in [-0.2, -0.15) is 0 Å². The fraction of sp³-hybridized carbons (Fsp3) is 0.857. The van der Waals surface area contributed by atoms with Crippen molar-refractivity contribution in [3.05, 3.63) is 0 Å². The van der Waals surface area contributed by atoms with Gasteiger partial charge in [0, 0.05) is 19.1 Å². The highest BCUT2D eigenvalue weighted by atomic mass is 16.6. The van der Waals surface area contributed by atoms with Gasteiger partial charge in [-0.3, -0.25) is 4.79 Å². The van der Waals surface area contributed by atoms with Crippen LogP contribution in [0.3, 0.4) is 0 Å². The lowest BCUT2D eigenvalue weighted by atomic mass is 9.85. The van der Waals surface area contributed by atoms with E-state index in [1.165, 1.54) is 0 Å². The van der Waals surface area contributed by atoms with Crippen LogP contribution in [0.2, 0.25) is 0 Å². The molecule has 6 heteroatoms. The summed E-state index contributed by atoms with van der Waals surface area (Å²) in [5, 5.41) is 5.58. The largest absolute Gasteiger partial charge is 0.444 e. The highest BCUT2D eigenvalue weighted by Crippen LogP contribution is 2.24. The number of hydrogen-bond donors (Lipinski definition) is 2. The number of hydrogen-bond acceptors (Lipinski definition) is 4. The number of rotatable bonds is 4. The molecule has 0 aromatic heterocycles. The monoisotopic (exact) mass is 286 g/mol. The molecular formula is C14H26N2O4. The van der Waals surface area contributed by atoms with Crippen molar-refractivity contribution in [3.63, 3.8) is 0 Å². The third-order valence-corrected chi connectivity index (χ3v) is 3.21. The van der Waals surface area contributed by atoms with Gasteiger partial charge in [0.25, 0.3) is 0 Å². The van der Waals surface area contributed by atoms with E-state index in [2.05, 4.69) is 10.6 Å². The summed E-state index contributed by atoms with van der Waals surface area (Å²) in [6.07, 6.45) is 2.76. The minimum atomic E-state index is -0.485. The average molecular weight is 286 g/mol. The van der Waals surface area contributed by atoms with Crippen LogP contribution in [-0.4, -0.2) is 37.5 Å². The van der Waals surface area contributed by atoms with E-state index in [1.807, 2.05) is 20.8 Å². The maximum atomic E-state index is 11.8. The van der Waals surface area contributed by atoms with E-state index in [-0.39, 0.29) is 30.7 Å². The molecule has 1 aliphatic carbocycles. The first-order chi connectivity index (χ1) is 9.31. The molecule has 0 spiro atoms. The number of ether oxygens (including phenoxy) is 2. The lowest BCUT2D eigenvalue weighted by molar-refractivity contribution is -0.127. The molecule has 0 aromatic rings. The Morgan fingerprint density at radius 2 is 1.75 bits per heavy atom. The molecule has 20 heavy (non-hydrogen) atoms. The van der Waals surface area contributed by atoms with E-state index >= 15 is 0 Å². The van der Waals surface area contributed by atoms with Crippen molar-refractivity contribution in [2.75, 3.05) is 13.8 Å². The predicted octanol–water partition coefficient (Wildman–Crippen LogP) is 1.79. The second-order valence-electron chi connectivity index (χ2n) is 6.17. The lowest BCUT2D eigenvalue weighted by Crippen LogP contribution is -2.43. The molecule has 0 heterocycles. The molecule has 2 amide bonds. The molecular weight excluding hydrogens is 260 g/mol. The number of amides is 2. The maximum absolute atomic E-state index is 11.8. The van der Waals surface area contributed by atoms with Crippen molar-refractivity contribution in [2.24, 2.45) is 5.92 Å². The summed E-state index contributed by atoms with van der Waals surface area (Å²) in [4.78, 5) is 23.4. The normalized spacial score (nSPS) is 23.0. The highest BCUT2D eigenvalue weighted by molar-refractivity contribution is 5.78. The summed E-state index contributed by atoms with van der Waals surface area (Å²) in [5.74, 6) is 0.0457. The summed E-state index contributed by atoms with van der Waals surface area (Å²) in [7, 11) is 1.54. The van der Waals surface area contributed by atoms with Gasteiger partial charge in [-0.1, -0.05) is 0 Å². The Labute approximate surface area is 120 Å². The summed E-state index contributed by atoms with van der Waals surface area (Å²) < 4.78 is 10.0. The van der Waals surface area contributed by atoms with E-state index in [1.54, 1.807) is 7.11 Å². The molecule has 0 aromatic carbocycles. The van der Waals surface area contributed by atoms with Gasteiger partial charge in [-0.25, -0.2) is 4.79 Å². The standard InChI is InChI=1S/C14H26N2O4/c1-14(2,3)20-13(18)16-11-7-5-10(6-8-11)12(17)15-9-19-4/h10-11H,5-9H2,1-4H3,(H,15,17)(H,16,18). The van der Waals surface area contributed by atoms with Gasteiger partial charge >= 0.3 is 6.09 Å². The Hall–Kier alpha value is -1.30. The Kier molecular flexibility index (Phi) is 6.26. The van der Waals surface area contributed by atoms with Crippen molar-refractivity contribution < 1.29 is 19.1 Å². The van der Waals surface area contributed by atoms with Crippen molar-refractivity contribution in [1.29, 1.82) is 0 Å². The lowest BCUT2D eigenvalue weighted by Gasteiger charge is -2.29. The summed E-state index contributed by atoms with van der Waals surface area (Å²) in [5.41, 5.74) is -0.485. The van der Waals surface area contributed by atoms with Crippen LogP contribution in [0.5, 0.6) is 0 Å². The maximum Gasteiger partial charge on any atom is 0.407 e. The van der Waals surface area contributed by atoms with Crippen LogP contribution < -0.4 is 10.6 Å². The van der Waals surface area contributed by atoms with Crippen molar-refractivity contribution in [2.45, 2.75) is 58.1 Å². The Morgan fingerprint density at radius 1 is 1.15 bits per heavy atom. The van der Waals surface area contributed by atoms with Crippen LogP contribution in [0.1, 0.15) is 46.5 Å². The fourth-order valence-electron chi connectivity index (χ4n) is 2.26. The molecule has 1 saturated carbocycles. The van der Waals surface area contributed by atoms with E-state index in [0.29, 0.717) is 0 Å². The molecule has 0 unspecified atom stereocenters. The van der Waals surface area contributed by atoms with Crippen LogP contribution in [0.25, 0.3) is 0 Å². The number of nitrogens with one attached hydrogen (secondary N) is 2. The quantitative estimate of drug-likeness (QED) is 0.772. The second kappa shape index (κ2) is 7.47. The highest BCUT2D eigenvalue weighted by Gasteiger charge is 2.28. The molecule has 0 aliphatic heterocycles. The molecule has 0 radical (unpaired) electrons. The van der Waals surface area contributed by atoms with Crippen molar-refractivity contribution in [1.82, 2.24) is 10.6 Å². The van der Waals surface area contributed by atoms with Gasteiger partial charge in [-0.05, 0) is 46.5 Å². The molecule has 1 rings (SSSR count). The predicted molar refractivity (Wildman–Crippen MR) is 75.1 cm³/mol. The van der Waals surface area contributed by atoms with Crippen LogP contribution in [0.4, 0.5) is 4.79 Å². The Morgan fingerprint density at radius 3 is 2.25 bits per heavy atom. The van der Waals surface area contributed by atoms with Crippen LogP contribution in [0, 0.1) is 5.92 Å². The van der Waals surface area contributed by atoms with Crippen LogP contribution >= 0.6 is 0 Å². The van der Waals surface area contributed by atoms with Crippen LogP contribution in [0.15, 0.2) is 0 Å². The molecule has 0 saturated heterocycles. The van der Waals surface area contributed by atoms with Gasteiger partial charge in [0.15, 0.2) is 0 Å². The Balaban J connectivity index is 2.28. The molecule has 1 fully saturated rings. The summed E-state index contributed by atoms with van der Waals surface area (Å²) in [6, 6.07) is 0.0938. The van der Waals surface area contributed by atoms with Gasteiger partial charge in [0.2, 0.25) is 5.91 Å². The first-order valence-electron chi connectivity index (χ1n) is 7.08. The zero-order valence-corrected chi connectivity index (χ0v) is 12.8. The first-order valence-corrected chi connectivity index (χ1v) is 7.08. The average Bonchev–Trinajstić information content (AvgIpc) is 2.34. The van der Waals surface area contributed by atoms with Gasteiger partial charge < -0.3 is 20.1 Å². The van der Waals surface area contributed by atoms with Crippen molar-refractivity contribution in [3.8, 4) is 0 Å². The SMILES string of the molecule is COCNC(=O)C1CCC(NC(=O)OC(C)(C)C)CC1. The minimum Gasteiger partial charge on any atom is -0.444 e. The first kappa shape index (κ1) is 16.8. The molecule has 0 atom stereocenters. The van der Waals surface area contributed by atoms with E-state index < -0.39 is 5.60 Å². The third-order valence-electron chi connectivity index (χ3n) is 3.21. The third kappa shape index (κ3) is 6.23. The van der Waals surface area contributed by atoms with Gasteiger partial charge in [0.1, 0.15) is 12.3 Å². The summed E-state index contributed by atoms with van der Waals surface area (Å²) >= 11 is 0. The number of carbonyl (C=O) groups excluding carboxylic acids is 2. The minimum absolute atomic E-state index is 0.0156. The molecule has 0 bridgehead atoms. The molecule has 6 nitrogen and oxygen atoms in total. The molecule has 1 aliphatic rings. The van der Waals surface area contributed by atoms with Gasteiger partial charge in [-0.15, -0.1) is 0 Å². The van der Waals surface area contributed by atoms with E-state index in [0.717, 1.165) is 25.7 Å². The van der Waals surface area contributed by atoms with Crippen LogP contribution in [-0.2, 0) is 14.3 Å². The van der Waals surface area contributed by atoms with Gasteiger partial charge in [0.05, 0.1) is 0 Å². The van der Waals surface area contributed by atoms with E-state index in [4.69, 9.17) is 9.47 Å². The smallest absolute Gasteiger partial charge is 0.407 e. The zero-order chi connectivity index (χ0) is 15.2.